The molecule has 1 aliphatic carbocycles. The zero-order chi connectivity index (χ0) is 15.6. The van der Waals surface area contributed by atoms with Crippen molar-refractivity contribution >= 4 is 11.6 Å². The number of anilines is 2. The number of piperidine rings is 1. The Bertz CT molecular complexity index is 741. The van der Waals surface area contributed by atoms with Crippen molar-refractivity contribution in [2.45, 2.75) is 37.6 Å². The molecule has 0 unspecified atom stereocenters. The highest BCUT2D eigenvalue weighted by molar-refractivity contribution is 5.40. The van der Waals surface area contributed by atoms with Crippen molar-refractivity contribution in [2.75, 3.05) is 23.3 Å². The predicted octanol–water partition coefficient (Wildman–Crippen LogP) is 1.52. The fraction of sp³-hybridized carbons (Fsp3) is 0.500. The van der Waals surface area contributed by atoms with Crippen LogP contribution < -0.4 is 15.8 Å². The molecule has 1 saturated carbocycles. The van der Waals surface area contributed by atoms with Crippen molar-refractivity contribution in [3.63, 3.8) is 0 Å². The van der Waals surface area contributed by atoms with E-state index in [2.05, 4.69) is 25.3 Å². The van der Waals surface area contributed by atoms with Gasteiger partial charge in [0, 0.05) is 43.6 Å². The van der Waals surface area contributed by atoms with E-state index in [9.17, 15) is 4.79 Å². The number of nitrogens with one attached hydrogen (secondary N) is 2. The molecule has 0 spiro atoms. The number of nitrogens with zero attached hydrogens (tertiary/aromatic N) is 4. The highest BCUT2D eigenvalue weighted by Gasteiger charge is 2.27. The van der Waals surface area contributed by atoms with E-state index >= 15 is 0 Å². The lowest BCUT2D eigenvalue weighted by atomic mass is 10.1. The Morgan fingerprint density at radius 2 is 2.13 bits per heavy atom. The van der Waals surface area contributed by atoms with Crippen molar-refractivity contribution in [3.05, 3.63) is 40.8 Å². The van der Waals surface area contributed by atoms with E-state index in [0.29, 0.717) is 11.7 Å². The number of rotatable bonds is 4. The molecule has 7 heteroatoms. The van der Waals surface area contributed by atoms with Gasteiger partial charge in [-0.2, -0.15) is 0 Å². The molecule has 0 radical (unpaired) electrons. The molecule has 2 aliphatic rings. The first-order valence-electron chi connectivity index (χ1n) is 8.18. The van der Waals surface area contributed by atoms with E-state index in [4.69, 9.17) is 0 Å². The van der Waals surface area contributed by atoms with Crippen LogP contribution >= 0.6 is 0 Å². The van der Waals surface area contributed by atoms with Crippen LogP contribution in [0.3, 0.4) is 0 Å². The Balaban J connectivity index is 1.46. The molecule has 0 aromatic carbocycles. The third kappa shape index (κ3) is 3.18. The second-order valence-corrected chi connectivity index (χ2v) is 6.25. The molecule has 1 aliphatic heterocycles. The van der Waals surface area contributed by atoms with Crippen LogP contribution in [0.5, 0.6) is 0 Å². The molecule has 23 heavy (non-hydrogen) atoms. The molecule has 120 valence electrons. The maximum absolute atomic E-state index is 11.9. The first kappa shape index (κ1) is 14.2. The standard InChI is InChI=1S/C16H20N6O/c23-16-15(18-7-8-19-16)22-9-1-2-12(10-22)20-13-5-6-17-14(21-13)11-3-4-11/h5-8,11-12H,1-4,9-10H2,(H,19,23)(H,17,20,21)/t12-/m1/s1. The Morgan fingerprint density at radius 3 is 2.96 bits per heavy atom. The van der Waals surface area contributed by atoms with Gasteiger partial charge in [0.25, 0.3) is 5.56 Å². The molecular weight excluding hydrogens is 292 g/mol. The summed E-state index contributed by atoms with van der Waals surface area (Å²) >= 11 is 0. The third-order valence-corrected chi connectivity index (χ3v) is 4.38. The summed E-state index contributed by atoms with van der Waals surface area (Å²) in [7, 11) is 0. The SMILES string of the molecule is O=c1[nH]ccnc1N1CCC[C@@H](Nc2ccnc(C3CC3)n2)C1. The maximum Gasteiger partial charge on any atom is 0.290 e. The number of hydrogen-bond donors (Lipinski definition) is 2. The van der Waals surface area contributed by atoms with Crippen LogP contribution in [0.2, 0.25) is 0 Å². The van der Waals surface area contributed by atoms with Crippen molar-refractivity contribution in [1.29, 1.82) is 0 Å². The van der Waals surface area contributed by atoms with Crippen LogP contribution in [0.25, 0.3) is 0 Å². The van der Waals surface area contributed by atoms with E-state index in [1.54, 1.807) is 12.4 Å². The molecule has 0 bridgehead atoms. The van der Waals surface area contributed by atoms with E-state index in [1.807, 2.05) is 17.2 Å². The van der Waals surface area contributed by atoms with Crippen LogP contribution in [-0.4, -0.2) is 39.1 Å². The summed E-state index contributed by atoms with van der Waals surface area (Å²) in [6.45, 7) is 1.61. The summed E-state index contributed by atoms with van der Waals surface area (Å²) in [6, 6.07) is 2.17. The summed E-state index contributed by atoms with van der Waals surface area (Å²) in [5, 5.41) is 3.49. The van der Waals surface area contributed by atoms with E-state index < -0.39 is 0 Å². The van der Waals surface area contributed by atoms with Gasteiger partial charge in [0.05, 0.1) is 0 Å². The molecule has 4 rings (SSSR count). The smallest absolute Gasteiger partial charge is 0.290 e. The zero-order valence-electron chi connectivity index (χ0n) is 12.9. The topological polar surface area (TPSA) is 86.8 Å². The lowest BCUT2D eigenvalue weighted by Crippen LogP contribution is -2.44. The van der Waals surface area contributed by atoms with E-state index in [0.717, 1.165) is 37.6 Å². The number of hydrogen-bond acceptors (Lipinski definition) is 6. The monoisotopic (exact) mass is 312 g/mol. The molecule has 1 atom stereocenters. The Hall–Kier alpha value is -2.44. The van der Waals surface area contributed by atoms with Gasteiger partial charge in [-0.25, -0.2) is 15.0 Å². The molecule has 2 N–H and O–H groups in total. The highest BCUT2D eigenvalue weighted by atomic mass is 16.1. The van der Waals surface area contributed by atoms with Gasteiger partial charge in [0.2, 0.25) is 0 Å². The lowest BCUT2D eigenvalue weighted by molar-refractivity contribution is 0.523. The van der Waals surface area contributed by atoms with E-state index in [-0.39, 0.29) is 11.6 Å². The molecule has 2 fully saturated rings. The minimum absolute atomic E-state index is 0.133. The minimum Gasteiger partial charge on any atom is -0.365 e. The third-order valence-electron chi connectivity index (χ3n) is 4.38. The molecule has 2 aromatic rings. The second kappa shape index (κ2) is 5.98. The molecule has 7 nitrogen and oxygen atoms in total. The Kier molecular flexibility index (Phi) is 3.69. The summed E-state index contributed by atoms with van der Waals surface area (Å²) in [4.78, 5) is 29.8. The first-order valence-corrected chi connectivity index (χ1v) is 8.18. The fourth-order valence-electron chi connectivity index (χ4n) is 3.06. The van der Waals surface area contributed by atoms with Crippen molar-refractivity contribution < 1.29 is 0 Å². The number of aromatic amines is 1. The number of H-pyrrole nitrogens is 1. The van der Waals surface area contributed by atoms with Crippen LogP contribution in [0.15, 0.2) is 29.5 Å². The maximum atomic E-state index is 11.9. The summed E-state index contributed by atoms with van der Waals surface area (Å²) in [6.07, 6.45) is 9.49. The molecular formula is C16H20N6O. The normalized spacial score (nSPS) is 21.2. The van der Waals surface area contributed by atoms with Crippen molar-refractivity contribution in [1.82, 2.24) is 19.9 Å². The second-order valence-electron chi connectivity index (χ2n) is 6.25. The van der Waals surface area contributed by atoms with Gasteiger partial charge in [-0.1, -0.05) is 0 Å². The molecule has 0 amide bonds. The average Bonchev–Trinajstić information content (AvgIpc) is 3.41. The summed E-state index contributed by atoms with van der Waals surface area (Å²) < 4.78 is 0. The lowest BCUT2D eigenvalue weighted by Gasteiger charge is -2.33. The van der Waals surface area contributed by atoms with Crippen molar-refractivity contribution in [3.8, 4) is 0 Å². The largest absolute Gasteiger partial charge is 0.365 e. The average molecular weight is 312 g/mol. The van der Waals surface area contributed by atoms with Crippen LogP contribution in [0, 0.1) is 0 Å². The summed E-state index contributed by atoms with van der Waals surface area (Å²) in [5.41, 5.74) is -0.133. The van der Waals surface area contributed by atoms with Crippen LogP contribution in [-0.2, 0) is 0 Å². The van der Waals surface area contributed by atoms with Gasteiger partial charge >= 0.3 is 0 Å². The van der Waals surface area contributed by atoms with Gasteiger partial charge in [-0.3, -0.25) is 4.79 Å². The van der Waals surface area contributed by atoms with Crippen LogP contribution in [0.4, 0.5) is 11.6 Å². The van der Waals surface area contributed by atoms with Gasteiger partial charge in [-0.05, 0) is 31.7 Å². The van der Waals surface area contributed by atoms with E-state index in [1.165, 1.54) is 12.8 Å². The Morgan fingerprint density at radius 1 is 1.22 bits per heavy atom. The number of aromatic nitrogens is 4. The molecule has 2 aromatic heterocycles. The quantitative estimate of drug-likeness (QED) is 0.890. The molecule has 3 heterocycles. The zero-order valence-corrected chi connectivity index (χ0v) is 12.9. The van der Waals surface area contributed by atoms with Gasteiger partial charge in [-0.15, -0.1) is 0 Å². The van der Waals surface area contributed by atoms with Gasteiger partial charge < -0.3 is 15.2 Å². The van der Waals surface area contributed by atoms with Gasteiger partial charge in [0.1, 0.15) is 11.6 Å². The Labute approximate surface area is 134 Å². The summed E-state index contributed by atoms with van der Waals surface area (Å²) in [5.74, 6) is 2.87. The molecule has 1 saturated heterocycles. The van der Waals surface area contributed by atoms with Crippen LogP contribution in [0.1, 0.15) is 37.4 Å². The highest BCUT2D eigenvalue weighted by Crippen LogP contribution is 2.38. The first-order chi connectivity index (χ1) is 11.3. The van der Waals surface area contributed by atoms with Gasteiger partial charge in [0.15, 0.2) is 5.82 Å². The fourth-order valence-corrected chi connectivity index (χ4v) is 3.06. The minimum atomic E-state index is -0.133. The predicted molar refractivity (Wildman–Crippen MR) is 87.7 cm³/mol. The van der Waals surface area contributed by atoms with Crippen molar-refractivity contribution in [2.24, 2.45) is 0 Å².